The summed E-state index contributed by atoms with van der Waals surface area (Å²) in [6, 6.07) is 20.1. The topological polar surface area (TPSA) is 71.9 Å². The van der Waals surface area contributed by atoms with Crippen LogP contribution in [0, 0.1) is 10.1 Å². The Morgan fingerprint density at radius 3 is 2.44 bits per heavy atom. The number of nitro groups is 1. The highest BCUT2D eigenvalue weighted by molar-refractivity contribution is 6.03. The van der Waals surface area contributed by atoms with Crippen LogP contribution in [0.15, 0.2) is 82.5 Å². The van der Waals surface area contributed by atoms with Crippen LogP contribution in [0.4, 0.5) is 11.4 Å². The van der Waals surface area contributed by atoms with Crippen molar-refractivity contribution in [1.82, 2.24) is 0 Å². The first-order chi connectivity index (χ1) is 12.2. The molecule has 1 aliphatic rings. The number of benzene rings is 2. The lowest BCUT2D eigenvalue weighted by Crippen LogP contribution is -2.17. The third-order valence-electron chi connectivity index (χ3n) is 4.21. The quantitative estimate of drug-likeness (QED) is 0.519. The number of furan rings is 1. The fourth-order valence-corrected chi connectivity index (χ4v) is 2.98. The van der Waals surface area contributed by atoms with Crippen LogP contribution in [-0.4, -0.2) is 10.6 Å². The lowest BCUT2D eigenvalue weighted by molar-refractivity contribution is -0.384. The maximum atomic E-state index is 10.9. The molecule has 2 heterocycles. The van der Waals surface area contributed by atoms with Gasteiger partial charge in [-0.05, 0) is 29.8 Å². The van der Waals surface area contributed by atoms with Gasteiger partial charge in [-0.3, -0.25) is 15.1 Å². The molecule has 2 aromatic carbocycles. The summed E-state index contributed by atoms with van der Waals surface area (Å²) in [7, 11) is 0. The van der Waals surface area contributed by atoms with E-state index in [0.29, 0.717) is 6.42 Å². The minimum absolute atomic E-state index is 0.0600. The number of hydrazone groups is 1. The van der Waals surface area contributed by atoms with E-state index in [1.807, 2.05) is 47.5 Å². The predicted molar refractivity (Wildman–Crippen MR) is 94.6 cm³/mol. The number of hydrogen-bond acceptors (Lipinski definition) is 5. The Labute approximate surface area is 144 Å². The molecule has 6 heteroatoms. The Morgan fingerprint density at radius 2 is 1.80 bits per heavy atom. The molecule has 0 bridgehead atoms. The molecule has 0 amide bonds. The molecule has 3 aromatic rings. The largest absolute Gasteiger partial charge is 0.467 e. The van der Waals surface area contributed by atoms with Crippen LogP contribution >= 0.6 is 0 Å². The molecule has 25 heavy (non-hydrogen) atoms. The maximum Gasteiger partial charge on any atom is 0.269 e. The highest BCUT2D eigenvalue weighted by atomic mass is 16.6. The molecule has 0 radical (unpaired) electrons. The molecule has 1 unspecified atom stereocenters. The van der Waals surface area contributed by atoms with Crippen LogP contribution < -0.4 is 5.01 Å². The molecule has 0 spiro atoms. The van der Waals surface area contributed by atoms with Crippen molar-refractivity contribution >= 4 is 17.1 Å². The second kappa shape index (κ2) is 6.24. The van der Waals surface area contributed by atoms with E-state index >= 15 is 0 Å². The fourth-order valence-electron chi connectivity index (χ4n) is 2.98. The Bertz CT molecular complexity index is 903. The van der Waals surface area contributed by atoms with Gasteiger partial charge in [0.1, 0.15) is 11.8 Å². The number of non-ortho nitro benzene ring substituents is 1. The number of hydrogen-bond donors (Lipinski definition) is 0. The van der Waals surface area contributed by atoms with E-state index in [-0.39, 0.29) is 11.7 Å². The van der Waals surface area contributed by atoms with Gasteiger partial charge in [0, 0.05) is 18.6 Å². The van der Waals surface area contributed by atoms with E-state index < -0.39 is 4.92 Å². The van der Waals surface area contributed by atoms with Gasteiger partial charge in [0.25, 0.3) is 5.69 Å². The Kier molecular flexibility index (Phi) is 3.78. The van der Waals surface area contributed by atoms with Gasteiger partial charge in [0.05, 0.1) is 22.6 Å². The highest BCUT2D eigenvalue weighted by Gasteiger charge is 2.31. The monoisotopic (exact) mass is 333 g/mol. The van der Waals surface area contributed by atoms with E-state index in [4.69, 9.17) is 9.52 Å². The fraction of sp³-hybridized carbons (Fsp3) is 0.105. The number of rotatable bonds is 4. The zero-order chi connectivity index (χ0) is 17.2. The molecule has 124 valence electrons. The normalized spacial score (nSPS) is 16.7. The molecule has 0 fully saturated rings. The standard InChI is InChI=1S/C19H15N3O3/c23-22(24)16-10-8-15(9-11-16)21-18(19-7-4-12-25-19)13-17(20-21)14-5-2-1-3-6-14/h1-12,18H,13H2. The van der Waals surface area contributed by atoms with Gasteiger partial charge in [-0.2, -0.15) is 5.10 Å². The molecule has 4 rings (SSSR count). The van der Waals surface area contributed by atoms with E-state index in [2.05, 4.69) is 0 Å². The zero-order valence-corrected chi connectivity index (χ0v) is 13.3. The molecule has 0 N–H and O–H groups in total. The van der Waals surface area contributed by atoms with Crippen LogP contribution in [0.3, 0.4) is 0 Å². The van der Waals surface area contributed by atoms with Crippen molar-refractivity contribution in [3.05, 3.63) is 94.4 Å². The van der Waals surface area contributed by atoms with Gasteiger partial charge >= 0.3 is 0 Å². The number of nitro benzene ring substituents is 1. The lowest BCUT2D eigenvalue weighted by atomic mass is 10.0. The van der Waals surface area contributed by atoms with Crippen molar-refractivity contribution in [2.45, 2.75) is 12.5 Å². The minimum atomic E-state index is -0.406. The minimum Gasteiger partial charge on any atom is -0.467 e. The molecule has 6 nitrogen and oxygen atoms in total. The van der Waals surface area contributed by atoms with Crippen LogP contribution in [-0.2, 0) is 0 Å². The highest BCUT2D eigenvalue weighted by Crippen LogP contribution is 2.37. The molecular formula is C19H15N3O3. The summed E-state index contributed by atoms with van der Waals surface area (Å²) in [6.45, 7) is 0. The van der Waals surface area contributed by atoms with Gasteiger partial charge in [-0.25, -0.2) is 0 Å². The second-order valence-electron chi connectivity index (χ2n) is 5.77. The van der Waals surface area contributed by atoms with Crippen molar-refractivity contribution in [1.29, 1.82) is 0 Å². The van der Waals surface area contributed by atoms with E-state index in [1.165, 1.54) is 12.1 Å². The van der Waals surface area contributed by atoms with Crippen molar-refractivity contribution < 1.29 is 9.34 Å². The summed E-state index contributed by atoms with van der Waals surface area (Å²) in [5.74, 6) is 0.813. The Morgan fingerprint density at radius 1 is 1.04 bits per heavy atom. The van der Waals surface area contributed by atoms with Crippen molar-refractivity contribution in [2.24, 2.45) is 5.10 Å². The first-order valence-corrected chi connectivity index (χ1v) is 7.92. The van der Waals surface area contributed by atoms with Crippen LogP contribution in [0.1, 0.15) is 23.8 Å². The molecule has 0 aliphatic carbocycles. The summed E-state index contributed by atoms with van der Waals surface area (Å²) in [4.78, 5) is 10.5. The van der Waals surface area contributed by atoms with Gasteiger partial charge in [-0.15, -0.1) is 0 Å². The van der Waals surface area contributed by atoms with Crippen LogP contribution in [0.25, 0.3) is 0 Å². The summed E-state index contributed by atoms with van der Waals surface area (Å²) >= 11 is 0. The van der Waals surface area contributed by atoms with Crippen molar-refractivity contribution in [2.75, 3.05) is 5.01 Å². The molecule has 0 saturated carbocycles. The smallest absolute Gasteiger partial charge is 0.269 e. The SMILES string of the molecule is O=[N+]([O-])c1ccc(N2N=C(c3ccccc3)CC2c2ccco2)cc1. The predicted octanol–water partition coefficient (Wildman–Crippen LogP) is 4.54. The summed E-state index contributed by atoms with van der Waals surface area (Å²) < 4.78 is 5.59. The van der Waals surface area contributed by atoms with Crippen molar-refractivity contribution in [3.8, 4) is 0 Å². The average molecular weight is 333 g/mol. The Balaban J connectivity index is 1.72. The van der Waals surface area contributed by atoms with E-state index in [0.717, 1.165) is 22.7 Å². The van der Waals surface area contributed by atoms with E-state index in [9.17, 15) is 10.1 Å². The first kappa shape index (κ1) is 15.1. The third kappa shape index (κ3) is 2.89. The lowest BCUT2D eigenvalue weighted by Gasteiger charge is -2.21. The number of nitrogens with zero attached hydrogens (tertiary/aromatic N) is 3. The second-order valence-corrected chi connectivity index (χ2v) is 5.77. The van der Waals surface area contributed by atoms with Crippen LogP contribution in [0.2, 0.25) is 0 Å². The van der Waals surface area contributed by atoms with Gasteiger partial charge in [0.15, 0.2) is 0 Å². The summed E-state index contributed by atoms with van der Waals surface area (Å²) in [5, 5.41) is 17.5. The summed E-state index contributed by atoms with van der Waals surface area (Å²) in [5.41, 5.74) is 2.87. The molecule has 1 aromatic heterocycles. The van der Waals surface area contributed by atoms with Gasteiger partial charge < -0.3 is 4.42 Å². The maximum absolute atomic E-state index is 10.9. The summed E-state index contributed by atoms with van der Waals surface area (Å²) in [6.07, 6.45) is 2.35. The molecular weight excluding hydrogens is 318 g/mol. The average Bonchev–Trinajstić information content (AvgIpc) is 3.32. The molecule has 0 saturated heterocycles. The van der Waals surface area contributed by atoms with Crippen molar-refractivity contribution in [3.63, 3.8) is 0 Å². The first-order valence-electron chi connectivity index (χ1n) is 7.92. The third-order valence-corrected chi connectivity index (χ3v) is 4.21. The molecule has 1 aliphatic heterocycles. The Hall–Kier alpha value is -3.41. The zero-order valence-electron chi connectivity index (χ0n) is 13.3. The van der Waals surface area contributed by atoms with Gasteiger partial charge in [-0.1, -0.05) is 30.3 Å². The van der Waals surface area contributed by atoms with Gasteiger partial charge in [0.2, 0.25) is 0 Å². The van der Waals surface area contributed by atoms with Crippen LogP contribution in [0.5, 0.6) is 0 Å². The number of anilines is 1. The molecule has 1 atom stereocenters. The van der Waals surface area contributed by atoms with E-state index in [1.54, 1.807) is 18.4 Å².